The Bertz CT molecular complexity index is 1310. The summed E-state index contributed by atoms with van der Waals surface area (Å²) in [5.74, 6) is -2.22. The zero-order valence-corrected chi connectivity index (χ0v) is 28.4. The molecule has 0 radical (unpaired) electrons. The summed E-state index contributed by atoms with van der Waals surface area (Å²) in [6.45, 7) is 17.0. The largest absolute Gasteiger partial charge is 0.458 e. The predicted octanol–water partition coefficient (Wildman–Crippen LogP) is 4.78. The lowest BCUT2D eigenvalue weighted by molar-refractivity contribution is -0.159. The minimum absolute atomic E-state index is 0.157. The van der Waals surface area contributed by atoms with Crippen molar-refractivity contribution in [3.8, 4) is 0 Å². The van der Waals surface area contributed by atoms with Crippen LogP contribution in [0.25, 0.3) is 0 Å². The normalized spacial score (nSPS) is 13.8. The first-order valence-electron chi connectivity index (χ1n) is 15.4. The minimum atomic E-state index is -1.24. The van der Waals surface area contributed by atoms with Crippen LogP contribution in [0.1, 0.15) is 83.7 Å². The second-order valence-electron chi connectivity index (χ2n) is 13.6. The fourth-order valence-electron chi connectivity index (χ4n) is 4.79. The van der Waals surface area contributed by atoms with Crippen molar-refractivity contribution in [2.24, 2.45) is 5.92 Å². The number of ether oxygens (including phenoxy) is 2. The Morgan fingerprint density at radius 1 is 0.844 bits per heavy atom. The molecule has 248 valence electrons. The molecule has 0 aliphatic rings. The van der Waals surface area contributed by atoms with E-state index in [0.717, 1.165) is 16.7 Å². The lowest BCUT2D eigenvalue weighted by Gasteiger charge is -2.36. The fraction of sp³-hybridized carbons (Fsp3) is 0.543. The van der Waals surface area contributed by atoms with Crippen LogP contribution in [0, 0.1) is 19.8 Å². The van der Waals surface area contributed by atoms with Gasteiger partial charge in [-0.3, -0.25) is 9.59 Å². The summed E-state index contributed by atoms with van der Waals surface area (Å²) in [7, 11) is 0. The second-order valence-corrected chi connectivity index (χ2v) is 13.6. The Morgan fingerprint density at radius 3 is 1.98 bits per heavy atom. The van der Waals surface area contributed by atoms with Crippen molar-refractivity contribution in [2.75, 3.05) is 13.2 Å². The molecular weight excluding hydrogens is 574 g/mol. The molecule has 0 aliphatic carbocycles. The van der Waals surface area contributed by atoms with Gasteiger partial charge < -0.3 is 30.1 Å². The number of aliphatic hydroxyl groups is 1. The summed E-state index contributed by atoms with van der Waals surface area (Å²) in [5.41, 5.74) is 1.39. The first kappa shape index (κ1) is 37.3. The SMILES string of the molecule is Cc1cccc(C(C(=O)NC(Cc2ccccc2)C(=O)OC(C)(C)C)N(CCO)C(=O)C(NC(=O)OC(C)(C)C)C(C)C)c1C. The van der Waals surface area contributed by atoms with Crippen molar-refractivity contribution in [1.29, 1.82) is 0 Å². The molecule has 2 aromatic carbocycles. The average Bonchev–Trinajstić information content (AvgIpc) is 2.91. The molecule has 45 heavy (non-hydrogen) atoms. The van der Waals surface area contributed by atoms with Crippen LogP contribution in [0.15, 0.2) is 48.5 Å². The van der Waals surface area contributed by atoms with Crippen LogP contribution in [0.3, 0.4) is 0 Å². The van der Waals surface area contributed by atoms with E-state index in [1.165, 1.54) is 4.90 Å². The van der Waals surface area contributed by atoms with Crippen LogP contribution in [-0.4, -0.2) is 70.3 Å². The van der Waals surface area contributed by atoms with Gasteiger partial charge in [-0.25, -0.2) is 9.59 Å². The molecule has 0 aliphatic heterocycles. The number of esters is 1. The highest BCUT2D eigenvalue weighted by atomic mass is 16.6. The summed E-state index contributed by atoms with van der Waals surface area (Å²) in [6, 6.07) is 11.3. The highest BCUT2D eigenvalue weighted by Crippen LogP contribution is 2.28. The summed E-state index contributed by atoms with van der Waals surface area (Å²) < 4.78 is 11.1. The van der Waals surface area contributed by atoms with E-state index >= 15 is 0 Å². The molecule has 0 fully saturated rings. The summed E-state index contributed by atoms with van der Waals surface area (Å²) in [4.78, 5) is 56.1. The van der Waals surface area contributed by atoms with Crippen molar-refractivity contribution in [3.63, 3.8) is 0 Å². The van der Waals surface area contributed by atoms with E-state index in [9.17, 15) is 24.3 Å². The number of hydrogen-bond acceptors (Lipinski definition) is 7. The molecule has 0 heterocycles. The molecule has 0 aromatic heterocycles. The van der Waals surface area contributed by atoms with Gasteiger partial charge in [0.2, 0.25) is 11.8 Å². The minimum Gasteiger partial charge on any atom is -0.458 e. The van der Waals surface area contributed by atoms with E-state index in [-0.39, 0.29) is 18.9 Å². The third-order valence-corrected chi connectivity index (χ3v) is 7.02. The maximum atomic E-state index is 14.4. The van der Waals surface area contributed by atoms with Gasteiger partial charge in [0, 0.05) is 13.0 Å². The van der Waals surface area contributed by atoms with Crippen LogP contribution in [0.4, 0.5) is 4.79 Å². The lowest BCUT2D eigenvalue weighted by atomic mass is 9.93. The molecule has 0 bridgehead atoms. The lowest BCUT2D eigenvalue weighted by Crippen LogP contribution is -2.57. The highest BCUT2D eigenvalue weighted by Gasteiger charge is 2.39. The third-order valence-electron chi connectivity index (χ3n) is 7.02. The highest BCUT2D eigenvalue weighted by molar-refractivity contribution is 5.94. The summed E-state index contributed by atoms with van der Waals surface area (Å²) >= 11 is 0. The average molecular weight is 626 g/mol. The summed E-state index contributed by atoms with van der Waals surface area (Å²) in [6.07, 6.45) is -0.622. The van der Waals surface area contributed by atoms with Gasteiger partial charge in [-0.1, -0.05) is 62.4 Å². The molecule has 3 N–H and O–H groups in total. The fourth-order valence-corrected chi connectivity index (χ4v) is 4.79. The molecule has 2 rings (SSSR count). The zero-order chi connectivity index (χ0) is 34.1. The number of carbonyl (C=O) groups excluding carboxylic acids is 4. The number of alkyl carbamates (subject to hydrolysis) is 1. The smallest absolute Gasteiger partial charge is 0.408 e. The van der Waals surface area contributed by atoms with Gasteiger partial charge in [0.1, 0.15) is 29.3 Å². The third kappa shape index (κ3) is 11.5. The molecule has 3 unspecified atom stereocenters. The maximum Gasteiger partial charge on any atom is 0.408 e. The molecule has 3 atom stereocenters. The molecule has 0 saturated carbocycles. The van der Waals surface area contributed by atoms with Crippen LogP contribution in [-0.2, 0) is 30.3 Å². The van der Waals surface area contributed by atoms with Gasteiger partial charge in [0.15, 0.2) is 0 Å². The zero-order valence-electron chi connectivity index (χ0n) is 28.4. The molecule has 3 amide bonds. The Hall–Kier alpha value is -3.92. The van der Waals surface area contributed by atoms with E-state index < -0.39 is 59.8 Å². The molecule has 10 heteroatoms. The van der Waals surface area contributed by atoms with E-state index in [1.54, 1.807) is 67.5 Å². The van der Waals surface area contributed by atoms with E-state index in [4.69, 9.17) is 9.47 Å². The number of carbonyl (C=O) groups is 4. The van der Waals surface area contributed by atoms with Crippen molar-refractivity contribution in [1.82, 2.24) is 15.5 Å². The van der Waals surface area contributed by atoms with Gasteiger partial charge in [-0.2, -0.15) is 0 Å². The van der Waals surface area contributed by atoms with Crippen LogP contribution in [0.5, 0.6) is 0 Å². The number of nitrogens with one attached hydrogen (secondary N) is 2. The quantitative estimate of drug-likeness (QED) is 0.289. The Morgan fingerprint density at radius 2 is 1.44 bits per heavy atom. The van der Waals surface area contributed by atoms with Crippen LogP contribution >= 0.6 is 0 Å². The van der Waals surface area contributed by atoms with Crippen LogP contribution < -0.4 is 10.6 Å². The Kier molecular flexibility index (Phi) is 13.2. The van der Waals surface area contributed by atoms with Gasteiger partial charge in [-0.15, -0.1) is 0 Å². The Labute approximate surface area is 267 Å². The summed E-state index contributed by atoms with van der Waals surface area (Å²) in [5, 5.41) is 15.6. The van der Waals surface area contributed by atoms with E-state index in [0.29, 0.717) is 5.56 Å². The number of benzene rings is 2. The number of amides is 3. The predicted molar refractivity (Wildman–Crippen MR) is 173 cm³/mol. The monoisotopic (exact) mass is 625 g/mol. The maximum absolute atomic E-state index is 14.4. The first-order valence-corrected chi connectivity index (χ1v) is 15.4. The number of nitrogens with zero attached hydrogens (tertiary/aromatic N) is 1. The number of hydrogen-bond donors (Lipinski definition) is 3. The van der Waals surface area contributed by atoms with Crippen molar-refractivity contribution >= 4 is 23.9 Å². The number of rotatable bonds is 12. The molecular formula is C35H51N3O7. The van der Waals surface area contributed by atoms with E-state index in [2.05, 4.69) is 10.6 Å². The van der Waals surface area contributed by atoms with Gasteiger partial charge in [0.05, 0.1) is 6.61 Å². The number of aliphatic hydroxyl groups excluding tert-OH is 1. The van der Waals surface area contributed by atoms with Crippen molar-refractivity contribution in [2.45, 2.75) is 105 Å². The molecule has 2 aromatic rings. The first-order chi connectivity index (χ1) is 20.8. The standard InChI is InChI=1S/C35H51N3O7/c1-22(2)28(37-33(43)45-35(8,9)10)31(41)38(19-20-39)29(26-18-14-15-23(3)24(26)4)30(40)36-27(32(42)44-34(5,6)7)21-25-16-12-11-13-17-25/h11-18,22,27-29,39H,19-21H2,1-10H3,(H,36,40)(H,37,43). The van der Waals surface area contributed by atoms with Gasteiger partial charge in [-0.05, 0) is 83.6 Å². The molecule has 0 saturated heterocycles. The molecule has 0 spiro atoms. The van der Waals surface area contributed by atoms with Gasteiger partial charge in [0.25, 0.3) is 0 Å². The van der Waals surface area contributed by atoms with Gasteiger partial charge >= 0.3 is 12.1 Å². The van der Waals surface area contributed by atoms with Crippen molar-refractivity contribution < 1.29 is 33.8 Å². The molecule has 10 nitrogen and oxygen atoms in total. The van der Waals surface area contributed by atoms with E-state index in [1.807, 2.05) is 50.2 Å². The second kappa shape index (κ2) is 15.9. The number of aryl methyl sites for hydroxylation is 1. The van der Waals surface area contributed by atoms with Crippen LogP contribution in [0.2, 0.25) is 0 Å². The Balaban J connectivity index is 2.62. The topological polar surface area (TPSA) is 134 Å². The van der Waals surface area contributed by atoms with Crippen molar-refractivity contribution in [3.05, 3.63) is 70.8 Å².